The van der Waals surface area contributed by atoms with Gasteiger partial charge in [0.1, 0.15) is 13.2 Å². The topological polar surface area (TPSA) is 107 Å². The number of fused-ring (bicyclic) bond motifs is 2. The Labute approximate surface area is 203 Å². The molecule has 3 aromatic rings. The average molecular weight is 481 g/mol. The summed E-state index contributed by atoms with van der Waals surface area (Å²) in [5, 5.41) is 13.6. The summed E-state index contributed by atoms with van der Waals surface area (Å²) in [6.07, 6.45) is 8.21. The number of H-pyrrole nitrogens is 1. The number of aromatic amines is 1. The molecule has 1 saturated carbocycles. The summed E-state index contributed by atoms with van der Waals surface area (Å²) < 4.78 is 19.4. The molecule has 2 aromatic heterocycles. The zero-order valence-electron chi connectivity index (χ0n) is 19.9. The Hall–Kier alpha value is -2.98. The molecular formula is C25H32N6O4. The van der Waals surface area contributed by atoms with Crippen molar-refractivity contribution in [1.29, 1.82) is 0 Å². The fraction of sp³-hybridized carbons (Fsp3) is 0.600. The van der Waals surface area contributed by atoms with Crippen LogP contribution in [0, 0.1) is 0 Å². The third-order valence-corrected chi connectivity index (χ3v) is 7.31. The summed E-state index contributed by atoms with van der Waals surface area (Å²) in [4.78, 5) is 18.3. The van der Waals surface area contributed by atoms with Gasteiger partial charge in [-0.25, -0.2) is 4.68 Å². The molecule has 4 heterocycles. The normalized spacial score (nSPS) is 20.7. The number of benzene rings is 1. The standard InChI is InChI=1S/C25H32N6O4/c32-25-18(11-17-12-22-23(13-21(17)26-25)35-10-9-34-22)14-30(15-20-7-4-8-33-20)16-24-27-28-29-31(24)19-5-2-1-3-6-19/h11-13,19-20H,1-10,14-16H2,(H,26,32)/t20-/m0/s1. The molecule has 6 rings (SSSR count). The molecule has 35 heavy (non-hydrogen) atoms. The molecule has 2 fully saturated rings. The predicted octanol–water partition coefficient (Wildman–Crippen LogP) is 2.97. The van der Waals surface area contributed by atoms with Crippen molar-refractivity contribution < 1.29 is 14.2 Å². The molecule has 0 spiro atoms. The quantitative estimate of drug-likeness (QED) is 0.550. The number of hydrogen-bond acceptors (Lipinski definition) is 8. The van der Waals surface area contributed by atoms with Crippen LogP contribution in [0.4, 0.5) is 0 Å². The minimum atomic E-state index is -0.0987. The maximum atomic E-state index is 13.1. The molecule has 0 radical (unpaired) electrons. The van der Waals surface area contributed by atoms with Gasteiger partial charge in [0, 0.05) is 36.7 Å². The van der Waals surface area contributed by atoms with Gasteiger partial charge in [0.2, 0.25) is 0 Å². The lowest BCUT2D eigenvalue weighted by molar-refractivity contribution is 0.0659. The van der Waals surface area contributed by atoms with Crippen LogP contribution in [0.25, 0.3) is 10.9 Å². The second-order valence-electron chi connectivity index (χ2n) is 9.84. The van der Waals surface area contributed by atoms with Crippen molar-refractivity contribution in [1.82, 2.24) is 30.1 Å². The van der Waals surface area contributed by atoms with Crippen molar-refractivity contribution in [2.75, 3.05) is 26.4 Å². The van der Waals surface area contributed by atoms with Crippen LogP contribution in [0.2, 0.25) is 0 Å². The summed E-state index contributed by atoms with van der Waals surface area (Å²) in [6.45, 7) is 3.62. The molecule has 0 bridgehead atoms. The number of hydrogen-bond donors (Lipinski definition) is 1. The maximum absolute atomic E-state index is 13.1. The van der Waals surface area contributed by atoms with Gasteiger partial charge in [-0.3, -0.25) is 9.69 Å². The van der Waals surface area contributed by atoms with E-state index in [-0.39, 0.29) is 11.7 Å². The van der Waals surface area contributed by atoms with Gasteiger partial charge in [-0.15, -0.1) is 5.10 Å². The zero-order valence-corrected chi connectivity index (χ0v) is 19.9. The van der Waals surface area contributed by atoms with Gasteiger partial charge in [-0.2, -0.15) is 0 Å². The number of pyridine rings is 1. The van der Waals surface area contributed by atoms with Gasteiger partial charge in [-0.1, -0.05) is 19.3 Å². The van der Waals surface area contributed by atoms with Crippen LogP contribution in [0.1, 0.15) is 62.4 Å². The highest BCUT2D eigenvalue weighted by atomic mass is 16.6. The number of rotatable bonds is 7. The van der Waals surface area contributed by atoms with Gasteiger partial charge in [0.15, 0.2) is 17.3 Å². The first-order chi connectivity index (χ1) is 17.2. The molecule has 1 N–H and O–H groups in total. The van der Waals surface area contributed by atoms with Crippen LogP contribution in [-0.2, 0) is 17.8 Å². The molecule has 0 unspecified atom stereocenters. The fourth-order valence-corrected chi connectivity index (χ4v) is 5.53. The van der Waals surface area contributed by atoms with Crippen molar-refractivity contribution in [3.8, 4) is 11.5 Å². The second kappa shape index (κ2) is 9.94. The Balaban J connectivity index is 1.27. The molecule has 1 saturated heterocycles. The highest BCUT2D eigenvalue weighted by Gasteiger charge is 2.25. The highest BCUT2D eigenvalue weighted by molar-refractivity contribution is 5.83. The van der Waals surface area contributed by atoms with Gasteiger partial charge in [0.25, 0.3) is 5.56 Å². The van der Waals surface area contributed by atoms with Crippen molar-refractivity contribution >= 4 is 10.9 Å². The first kappa shape index (κ1) is 22.5. The van der Waals surface area contributed by atoms with E-state index in [1.54, 1.807) is 0 Å². The molecule has 1 atom stereocenters. The Bertz CT molecular complexity index is 1230. The molecule has 10 nitrogen and oxygen atoms in total. The molecule has 2 aliphatic heterocycles. The maximum Gasteiger partial charge on any atom is 0.252 e. The smallest absolute Gasteiger partial charge is 0.252 e. The molecular weight excluding hydrogens is 448 g/mol. The third kappa shape index (κ3) is 4.90. The monoisotopic (exact) mass is 480 g/mol. The van der Waals surface area contributed by atoms with Crippen molar-refractivity contribution in [2.24, 2.45) is 0 Å². The lowest BCUT2D eigenvalue weighted by Crippen LogP contribution is -2.34. The van der Waals surface area contributed by atoms with Crippen LogP contribution in [0.15, 0.2) is 23.0 Å². The average Bonchev–Trinajstić information content (AvgIpc) is 3.56. The van der Waals surface area contributed by atoms with E-state index < -0.39 is 0 Å². The van der Waals surface area contributed by atoms with Gasteiger partial charge < -0.3 is 19.2 Å². The summed E-state index contributed by atoms with van der Waals surface area (Å²) in [5.41, 5.74) is 1.34. The minimum Gasteiger partial charge on any atom is -0.486 e. The van der Waals surface area contributed by atoms with E-state index in [1.165, 1.54) is 19.3 Å². The molecule has 10 heteroatoms. The van der Waals surface area contributed by atoms with Crippen molar-refractivity contribution in [2.45, 2.75) is 70.2 Å². The Morgan fingerprint density at radius 1 is 0.971 bits per heavy atom. The summed E-state index contributed by atoms with van der Waals surface area (Å²) in [5.74, 6) is 2.23. The van der Waals surface area contributed by atoms with Gasteiger partial charge in [-0.05, 0) is 48.2 Å². The second-order valence-corrected chi connectivity index (χ2v) is 9.84. The van der Waals surface area contributed by atoms with E-state index in [0.717, 1.165) is 55.6 Å². The zero-order chi connectivity index (χ0) is 23.6. The molecule has 0 amide bonds. The fourth-order valence-electron chi connectivity index (χ4n) is 5.53. The van der Waals surface area contributed by atoms with E-state index in [0.29, 0.717) is 49.4 Å². The van der Waals surface area contributed by atoms with Crippen LogP contribution in [0.5, 0.6) is 11.5 Å². The van der Waals surface area contributed by atoms with Crippen LogP contribution in [-0.4, -0.2) is 62.6 Å². The van der Waals surface area contributed by atoms with Crippen LogP contribution < -0.4 is 15.0 Å². The van der Waals surface area contributed by atoms with E-state index in [9.17, 15) is 4.79 Å². The van der Waals surface area contributed by atoms with E-state index >= 15 is 0 Å². The Morgan fingerprint density at radius 3 is 2.60 bits per heavy atom. The summed E-state index contributed by atoms with van der Waals surface area (Å²) in [6, 6.07) is 6.10. The summed E-state index contributed by atoms with van der Waals surface area (Å²) in [7, 11) is 0. The molecule has 3 aliphatic rings. The first-order valence-electron chi connectivity index (χ1n) is 12.8. The number of aromatic nitrogens is 5. The van der Waals surface area contributed by atoms with Crippen molar-refractivity contribution in [3.05, 3.63) is 39.9 Å². The third-order valence-electron chi connectivity index (χ3n) is 7.31. The number of tetrazole rings is 1. The highest BCUT2D eigenvalue weighted by Crippen LogP contribution is 2.34. The Kier molecular flexibility index (Phi) is 6.39. The Morgan fingerprint density at radius 2 is 1.80 bits per heavy atom. The predicted molar refractivity (Wildman–Crippen MR) is 129 cm³/mol. The number of nitrogens with zero attached hydrogens (tertiary/aromatic N) is 5. The number of ether oxygens (including phenoxy) is 3. The van der Waals surface area contributed by atoms with Crippen molar-refractivity contribution in [3.63, 3.8) is 0 Å². The van der Waals surface area contributed by atoms with Gasteiger partial charge in [0.05, 0.1) is 24.2 Å². The lowest BCUT2D eigenvalue weighted by atomic mass is 9.95. The molecule has 186 valence electrons. The lowest BCUT2D eigenvalue weighted by Gasteiger charge is -2.27. The molecule has 1 aliphatic carbocycles. The number of nitrogens with one attached hydrogen (secondary N) is 1. The summed E-state index contributed by atoms with van der Waals surface area (Å²) >= 11 is 0. The van der Waals surface area contributed by atoms with Crippen LogP contribution >= 0.6 is 0 Å². The van der Waals surface area contributed by atoms with Crippen LogP contribution in [0.3, 0.4) is 0 Å². The van der Waals surface area contributed by atoms with E-state index in [1.807, 2.05) is 22.9 Å². The largest absolute Gasteiger partial charge is 0.486 e. The van der Waals surface area contributed by atoms with Gasteiger partial charge >= 0.3 is 0 Å². The first-order valence-corrected chi connectivity index (χ1v) is 12.8. The van der Waals surface area contributed by atoms with E-state index in [2.05, 4.69) is 25.4 Å². The SMILES string of the molecule is O=c1[nH]c2cc3c(cc2cc1CN(Cc1nnnn1C1CCCCC1)C[C@@H]1CCCO1)OCCO3. The minimum absolute atomic E-state index is 0.0987. The van der Waals surface area contributed by atoms with E-state index in [4.69, 9.17) is 14.2 Å². The molecule has 1 aromatic carbocycles.